The number of rotatable bonds is 8. The summed E-state index contributed by atoms with van der Waals surface area (Å²) < 4.78 is 15.2. The van der Waals surface area contributed by atoms with Crippen LogP contribution in [0.3, 0.4) is 0 Å². The lowest BCUT2D eigenvalue weighted by molar-refractivity contribution is -0.150. The molecule has 0 radical (unpaired) electrons. The van der Waals surface area contributed by atoms with Gasteiger partial charge in [0.25, 0.3) is 0 Å². The fourth-order valence-electron chi connectivity index (χ4n) is 4.65. The number of likely N-dealkylation sites (tertiary alicyclic amines) is 1. The molecule has 0 unspecified atom stereocenters. The molecule has 0 aliphatic carbocycles. The Hall–Kier alpha value is -2.97. The molecule has 1 aromatic heterocycles. The van der Waals surface area contributed by atoms with Crippen molar-refractivity contribution < 1.29 is 14.3 Å². The lowest BCUT2D eigenvalue weighted by atomic mass is 9.99. The van der Waals surface area contributed by atoms with Crippen LogP contribution in [0, 0.1) is 10.7 Å². The molecular weight excluding hydrogens is 460 g/mol. The summed E-state index contributed by atoms with van der Waals surface area (Å²) in [5.41, 5.74) is 3.20. The van der Waals surface area contributed by atoms with E-state index in [0.717, 1.165) is 42.2 Å². The number of methoxy groups -OCH3 is 1. The van der Waals surface area contributed by atoms with Crippen LogP contribution in [0.2, 0.25) is 0 Å². The van der Waals surface area contributed by atoms with Crippen LogP contribution >= 0.6 is 12.2 Å². The average molecular weight is 495 g/mol. The number of para-hydroxylation sites is 1. The van der Waals surface area contributed by atoms with Crippen LogP contribution < -0.4 is 4.74 Å². The van der Waals surface area contributed by atoms with Crippen molar-refractivity contribution in [3.8, 4) is 22.8 Å². The highest BCUT2D eigenvalue weighted by molar-refractivity contribution is 7.71. The number of hydrogen-bond donors (Lipinski definition) is 0. The zero-order valence-corrected chi connectivity index (χ0v) is 21.8. The molecule has 7 nitrogen and oxygen atoms in total. The van der Waals surface area contributed by atoms with E-state index in [2.05, 4.69) is 41.5 Å². The molecule has 3 aromatic rings. The van der Waals surface area contributed by atoms with Crippen LogP contribution in [-0.4, -0.2) is 52.0 Å². The monoisotopic (exact) mass is 494 g/mol. The minimum absolute atomic E-state index is 0.109. The summed E-state index contributed by atoms with van der Waals surface area (Å²) in [5, 5.41) is 4.99. The summed E-state index contributed by atoms with van der Waals surface area (Å²) in [4.78, 5) is 14.6. The Morgan fingerprint density at radius 2 is 1.91 bits per heavy atom. The van der Waals surface area contributed by atoms with Crippen molar-refractivity contribution in [2.45, 2.75) is 46.2 Å². The molecule has 0 bridgehead atoms. The van der Waals surface area contributed by atoms with Crippen molar-refractivity contribution >= 4 is 18.2 Å². The van der Waals surface area contributed by atoms with Crippen LogP contribution in [0.4, 0.5) is 0 Å². The van der Waals surface area contributed by atoms with Gasteiger partial charge in [-0.15, -0.1) is 5.10 Å². The van der Waals surface area contributed by atoms with E-state index < -0.39 is 0 Å². The van der Waals surface area contributed by atoms with Gasteiger partial charge in [-0.05, 0) is 80.3 Å². The van der Waals surface area contributed by atoms with Crippen LogP contribution in [-0.2, 0) is 16.2 Å². The van der Waals surface area contributed by atoms with E-state index in [4.69, 9.17) is 26.8 Å². The predicted molar refractivity (Wildman–Crippen MR) is 139 cm³/mol. The zero-order chi connectivity index (χ0) is 24.9. The van der Waals surface area contributed by atoms with Gasteiger partial charge >= 0.3 is 5.97 Å². The van der Waals surface area contributed by atoms with Crippen molar-refractivity contribution in [3.05, 3.63) is 58.9 Å². The standard InChI is InChI=1S/C27H34N4O3S/c1-5-34-26(32)21-9-8-16-29(17-21)18-30-27(35)31(24-11-7-6-10-23(24)19(2)3)25(28-30)20-12-14-22(33-4)15-13-20/h6-7,10-15,19,21H,5,8-9,16-18H2,1-4H3/t21-/m1/s1. The lowest BCUT2D eigenvalue weighted by Gasteiger charge is -2.31. The van der Waals surface area contributed by atoms with Gasteiger partial charge in [0.2, 0.25) is 4.77 Å². The van der Waals surface area contributed by atoms with Crippen LogP contribution in [0.5, 0.6) is 5.75 Å². The number of esters is 1. The van der Waals surface area contributed by atoms with Crippen molar-refractivity contribution in [1.82, 2.24) is 19.2 Å². The van der Waals surface area contributed by atoms with E-state index in [1.165, 1.54) is 5.56 Å². The van der Waals surface area contributed by atoms with Gasteiger partial charge in [0.1, 0.15) is 5.75 Å². The summed E-state index contributed by atoms with van der Waals surface area (Å²) in [6.45, 7) is 8.69. The molecule has 35 heavy (non-hydrogen) atoms. The van der Waals surface area contributed by atoms with Gasteiger partial charge in [0, 0.05) is 12.1 Å². The van der Waals surface area contributed by atoms with Gasteiger partial charge < -0.3 is 9.47 Å². The second-order valence-corrected chi connectivity index (χ2v) is 9.56. The number of carbonyl (C=O) groups is 1. The molecule has 1 aliphatic rings. The molecule has 0 N–H and O–H groups in total. The molecule has 2 aromatic carbocycles. The first-order valence-corrected chi connectivity index (χ1v) is 12.7. The van der Waals surface area contributed by atoms with Gasteiger partial charge in [-0.2, -0.15) is 0 Å². The number of nitrogens with zero attached hydrogens (tertiary/aromatic N) is 4. The maximum absolute atomic E-state index is 12.3. The maximum atomic E-state index is 12.3. The Morgan fingerprint density at radius 1 is 1.17 bits per heavy atom. The third-order valence-electron chi connectivity index (χ3n) is 6.45. The first-order chi connectivity index (χ1) is 16.9. The molecular formula is C27H34N4O3S. The minimum atomic E-state index is -0.115. The third-order valence-corrected chi connectivity index (χ3v) is 6.84. The van der Waals surface area contributed by atoms with Gasteiger partial charge in [-0.25, -0.2) is 4.68 Å². The van der Waals surface area contributed by atoms with Crippen molar-refractivity contribution in [2.24, 2.45) is 5.92 Å². The summed E-state index contributed by atoms with van der Waals surface area (Å²) in [5.74, 6) is 1.68. The Balaban J connectivity index is 1.74. The molecule has 2 heterocycles. The van der Waals surface area contributed by atoms with Crippen LogP contribution in [0.15, 0.2) is 48.5 Å². The fourth-order valence-corrected chi connectivity index (χ4v) is 4.93. The van der Waals surface area contributed by atoms with Gasteiger partial charge in [0.05, 0.1) is 32.0 Å². The Bertz CT molecular complexity index is 1220. The van der Waals surface area contributed by atoms with E-state index in [9.17, 15) is 4.79 Å². The van der Waals surface area contributed by atoms with Gasteiger partial charge in [-0.3, -0.25) is 14.3 Å². The molecule has 1 aliphatic heterocycles. The second-order valence-electron chi connectivity index (χ2n) is 9.19. The quantitative estimate of drug-likeness (QED) is 0.307. The SMILES string of the molecule is CCOC(=O)[C@@H]1CCCN(Cn2nc(-c3ccc(OC)cc3)n(-c3ccccc3C(C)C)c2=S)C1. The number of benzene rings is 2. The molecule has 1 atom stereocenters. The molecule has 186 valence electrons. The topological polar surface area (TPSA) is 61.5 Å². The average Bonchev–Trinajstić information content (AvgIpc) is 3.19. The molecule has 0 amide bonds. The number of ether oxygens (including phenoxy) is 2. The highest BCUT2D eigenvalue weighted by Crippen LogP contribution is 2.30. The summed E-state index contributed by atoms with van der Waals surface area (Å²) >= 11 is 6.00. The predicted octanol–water partition coefficient (Wildman–Crippen LogP) is 5.43. The second kappa shape index (κ2) is 11.2. The van der Waals surface area contributed by atoms with Crippen molar-refractivity contribution in [3.63, 3.8) is 0 Å². The largest absolute Gasteiger partial charge is 0.497 e. The lowest BCUT2D eigenvalue weighted by Crippen LogP contribution is -2.40. The van der Waals surface area contributed by atoms with Gasteiger partial charge in [0.15, 0.2) is 5.82 Å². The molecule has 0 saturated carbocycles. The molecule has 1 saturated heterocycles. The van der Waals surface area contributed by atoms with Crippen molar-refractivity contribution in [2.75, 3.05) is 26.8 Å². The van der Waals surface area contributed by atoms with E-state index in [-0.39, 0.29) is 11.9 Å². The van der Waals surface area contributed by atoms with E-state index >= 15 is 0 Å². The summed E-state index contributed by atoms with van der Waals surface area (Å²) in [7, 11) is 1.66. The Kier molecular flexibility index (Phi) is 8.03. The molecule has 4 rings (SSSR count). The first kappa shape index (κ1) is 25.1. The maximum Gasteiger partial charge on any atom is 0.310 e. The Labute approximate surface area is 212 Å². The summed E-state index contributed by atoms with van der Waals surface area (Å²) in [6, 6.07) is 16.2. The highest BCUT2D eigenvalue weighted by atomic mass is 32.1. The molecule has 8 heteroatoms. The number of piperidine rings is 1. The van der Waals surface area contributed by atoms with Crippen molar-refractivity contribution in [1.29, 1.82) is 0 Å². The first-order valence-electron chi connectivity index (χ1n) is 12.3. The van der Waals surface area contributed by atoms with E-state index in [1.54, 1.807) is 7.11 Å². The van der Waals surface area contributed by atoms with E-state index in [0.29, 0.717) is 30.5 Å². The number of aromatic nitrogens is 3. The van der Waals surface area contributed by atoms with Crippen LogP contribution in [0.25, 0.3) is 17.1 Å². The fraction of sp³-hybridized carbons (Fsp3) is 0.444. The molecule has 0 spiro atoms. The summed E-state index contributed by atoms with van der Waals surface area (Å²) in [6.07, 6.45) is 1.80. The Morgan fingerprint density at radius 3 is 2.60 bits per heavy atom. The van der Waals surface area contributed by atoms with Gasteiger partial charge in [-0.1, -0.05) is 32.0 Å². The normalized spacial score (nSPS) is 16.4. The number of carbonyl (C=O) groups excluding carboxylic acids is 1. The number of hydrogen-bond acceptors (Lipinski definition) is 6. The smallest absolute Gasteiger partial charge is 0.310 e. The zero-order valence-electron chi connectivity index (χ0n) is 20.9. The third kappa shape index (κ3) is 5.49. The van der Waals surface area contributed by atoms with Crippen LogP contribution in [0.1, 0.15) is 45.1 Å². The van der Waals surface area contributed by atoms with E-state index in [1.807, 2.05) is 41.9 Å². The minimum Gasteiger partial charge on any atom is -0.497 e. The molecule has 1 fully saturated rings. The highest BCUT2D eigenvalue weighted by Gasteiger charge is 2.28.